The smallest absolute Gasteiger partial charge is 0.270 e. The van der Waals surface area contributed by atoms with Crippen LogP contribution in [0.2, 0.25) is 0 Å². The van der Waals surface area contributed by atoms with Crippen LogP contribution < -0.4 is 30.6 Å². The molecule has 0 radical (unpaired) electrons. The lowest BCUT2D eigenvalue weighted by Crippen LogP contribution is -2.59. The topological polar surface area (TPSA) is 27.7 Å². The highest BCUT2D eigenvalue weighted by molar-refractivity contribution is 6.99. The summed E-state index contributed by atoms with van der Waals surface area (Å²) in [6.45, 7) is -0.554. The quantitative estimate of drug-likeness (QED) is 0.0802. The Bertz CT molecular complexity index is 2370. The predicted octanol–water partition coefficient (Wildman–Crippen LogP) is 8.91. The van der Waals surface area contributed by atoms with Crippen molar-refractivity contribution in [3.63, 3.8) is 0 Å². The average Bonchev–Trinajstić information content (AvgIpc) is 3.11. The zero-order valence-electron chi connectivity index (χ0n) is 24.4. The fourth-order valence-electron chi connectivity index (χ4n) is 6.82. The molecule has 3 aliphatic rings. The molecular weight excluding hydrogens is 681 g/mol. The van der Waals surface area contributed by atoms with Crippen molar-refractivity contribution >= 4 is 23.1 Å². The van der Waals surface area contributed by atoms with Gasteiger partial charge in [0.2, 0.25) is 11.6 Å². The maximum Gasteiger partial charge on any atom is 0.270 e. The zero-order valence-corrected chi connectivity index (χ0v) is 24.4. The van der Waals surface area contributed by atoms with Crippen LogP contribution in [-0.2, 0) is 0 Å². The van der Waals surface area contributed by atoms with Crippen LogP contribution in [-0.4, -0.2) is 6.71 Å². The number of hydrogen-bond acceptors (Lipinski definition) is 3. The summed E-state index contributed by atoms with van der Waals surface area (Å²) >= 11 is 0. The second kappa shape index (κ2) is 10.3. The second-order valence-electron chi connectivity index (χ2n) is 11.6. The molecular formula is C36H11BF10O3. The number of hydrogen-bond donors (Lipinski definition) is 0. The second-order valence-corrected chi connectivity index (χ2v) is 11.6. The number of halogens is 10. The van der Waals surface area contributed by atoms with Gasteiger partial charge in [0.1, 0.15) is 34.5 Å². The van der Waals surface area contributed by atoms with Crippen molar-refractivity contribution < 1.29 is 58.1 Å². The van der Waals surface area contributed by atoms with Gasteiger partial charge >= 0.3 is 0 Å². The molecule has 3 heterocycles. The Labute approximate surface area is 274 Å². The largest absolute Gasteiger partial charge is 0.458 e. The van der Waals surface area contributed by atoms with Gasteiger partial charge in [0.25, 0.3) is 6.71 Å². The van der Waals surface area contributed by atoms with Crippen LogP contribution in [0.15, 0.2) is 66.7 Å². The van der Waals surface area contributed by atoms with E-state index in [1.54, 1.807) is 36.4 Å². The van der Waals surface area contributed by atoms with Gasteiger partial charge in [-0.1, -0.05) is 12.1 Å². The first-order valence-electron chi connectivity index (χ1n) is 14.6. The van der Waals surface area contributed by atoms with Crippen molar-refractivity contribution in [2.45, 2.75) is 0 Å². The SMILES string of the molecule is Fc1c(F)c(F)c(-c2cc(-c3ccc4c5c3Oc3cccc6c3B5c3c(cccc3O4)O6)cc(-c3c(F)c(F)c(F)c(F)c3F)c2)c(F)c1F. The summed E-state index contributed by atoms with van der Waals surface area (Å²) in [7, 11) is 0. The van der Waals surface area contributed by atoms with Gasteiger partial charge in [0.05, 0.1) is 11.1 Å². The highest BCUT2D eigenvalue weighted by Crippen LogP contribution is 2.47. The Morgan fingerprint density at radius 2 is 0.720 bits per heavy atom. The molecule has 6 aromatic rings. The summed E-state index contributed by atoms with van der Waals surface area (Å²) in [5.74, 6) is -21.3. The van der Waals surface area contributed by atoms with Crippen LogP contribution in [0.25, 0.3) is 33.4 Å². The molecule has 0 saturated heterocycles. The van der Waals surface area contributed by atoms with Crippen molar-refractivity contribution in [3.05, 3.63) is 125 Å². The van der Waals surface area contributed by atoms with Crippen LogP contribution in [0, 0.1) is 58.2 Å². The first-order valence-corrected chi connectivity index (χ1v) is 14.6. The average molecular weight is 692 g/mol. The fourth-order valence-corrected chi connectivity index (χ4v) is 6.82. The van der Waals surface area contributed by atoms with E-state index in [9.17, 15) is 26.3 Å². The van der Waals surface area contributed by atoms with E-state index in [1.807, 2.05) is 0 Å². The lowest BCUT2D eigenvalue weighted by molar-refractivity contribution is 0.381. The minimum Gasteiger partial charge on any atom is -0.458 e. The van der Waals surface area contributed by atoms with E-state index in [4.69, 9.17) is 14.2 Å². The third-order valence-electron chi connectivity index (χ3n) is 8.97. The molecule has 14 heteroatoms. The van der Waals surface area contributed by atoms with Gasteiger partial charge in [0, 0.05) is 22.0 Å². The molecule has 0 saturated carbocycles. The standard InChI is InChI=1S/C36H11BF10O3/c38-26-21(27(39)31(43)34(46)30(26)42)13-9-12(10-14(11-13)22-28(40)32(44)35(47)33(45)29(22)41)15-7-8-20-25-36(15)50-19-6-2-5-18-24(19)37(25)23-16(48-18)3-1-4-17(23)49-20/h1-11H. The molecule has 0 amide bonds. The highest BCUT2D eigenvalue weighted by Gasteiger charge is 2.47. The third kappa shape index (κ3) is 3.89. The first-order chi connectivity index (χ1) is 24.0. The van der Waals surface area contributed by atoms with E-state index in [2.05, 4.69) is 0 Å². The molecule has 0 N–H and O–H groups in total. The van der Waals surface area contributed by atoms with Crippen molar-refractivity contribution in [1.29, 1.82) is 0 Å². The molecule has 6 aromatic carbocycles. The van der Waals surface area contributed by atoms with Gasteiger partial charge in [-0.25, -0.2) is 43.9 Å². The Hall–Kier alpha value is -5.92. The number of rotatable bonds is 3. The summed E-state index contributed by atoms with van der Waals surface area (Å²) in [4.78, 5) is 0. The van der Waals surface area contributed by atoms with Crippen LogP contribution in [0.4, 0.5) is 43.9 Å². The molecule has 9 rings (SSSR count). The third-order valence-corrected chi connectivity index (χ3v) is 8.97. The molecule has 0 fully saturated rings. The van der Waals surface area contributed by atoms with Gasteiger partial charge in [-0.3, -0.25) is 0 Å². The van der Waals surface area contributed by atoms with Crippen molar-refractivity contribution in [2.24, 2.45) is 0 Å². The normalized spacial score (nSPS) is 13.0. The van der Waals surface area contributed by atoms with E-state index in [1.165, 1.54) is 12.1 Å². The van der Waals surface area contributed by atoms with Crippen LogP contribution in [0.3, 0.4) is 0 Å². The van der Waals surface area contributed by atoms with Gasteiger partial charge in [0.15, 0.2) is 46.5 Å². The maximum absolute atomic E-state index is 15.2. The van der Waals surface area contributed by atoms with Crippen molar-refractivity contribution in [2.75, 3.05) is 0 Å². The van der Waals surface area contributed by atoms with Crippen LogP contribution in [0.1, 0.15) is 0 Å². The number of ether oxygens (including phenoxy) is 3. The minimum atomic E-state index is -2.47. The van der Waals surface area contributed by atoms with E-state index in [0.29, 0.717) is 51.2 Å². The summed E-state index contributed by atoms with van der Waals surface area (Å²) in [5.41, 5.74) is -3.16. The molecule has 0 aliphatic carbocycles. The van der Waals surface area contributed by atoms with E-state index < -0.39 is 87.1 Å². The van der Waals surface area contributed by atoms with E-state index >= 15 is 17.6 Å². The van der Waals surface area contributed by atoms with E-state index in [0.717, 1.165) is 12.1 Å². The van der Waals surface area contributed by atoms with Crippen molar-refractivity contribution in [3.8, 4) is 67.9 Å². The summed E-state index contributed by atoms with van der Waals surface area (Å²) in [6.07, 6.45) is 0. The minimum absolute atomic E-state index is 0.0478. The molecule has 0 bridgehead atoms. The van der Waals surface area contributed by atoms with Gasteiger partial charge < -0.3 is 14.2 Å². The Kier molecular flexibility index (Phi) is 6.21. The molecule has 0 atom stereocenters. The monoisotopic (exact) mass is 692 g/mol. The predicted molar refractivity (Wildman–Crippen MR) is 160 cm³/mol. The lowest BCUT2D eigenvalue weighted by atomic mass is 9.33. The maximum atomic E-state index is 15.2. The van der Waals surface area contributed by atoms with Gasteiger partial charge in [-0.05, 0) is 71.3 Å². The Morgan fingerprint density at radius 3 is 1.16 bits per heavy atom. The van der Waals surface area contributed by atoms with Crippen LogP contribution in [0.5, 0.6) is 34.5 Å². The summed E-state index contributed by atoms with van der Waals surface area (Å²) < 4.78 is 165. The molecule has 3 nitrogen and oxygen atoms in total. The Morgan fingerprint density at radius 1 is 0.360 bits per heavy atom. The molecule has 246 valence electrons. The fraction of sp³-hybridized carbons (Fsp3) is 0. The zero-order chi connectivity index (χ0) is 34.9. The summed E-state index contributed by atoms with van der Waals surface area (Å²) in [5, 5.41) is 0. The van der Waals surface area contributed by atoms with Gasteiger partial charge in [-0.15, -0.1) is 0 Å². The van der Waals surface area contributed by atoms with Crippen LogP contribution >= 0.6 is 0 Å². The van der Waals surface area contributed by atoms with Crippen molar-refractivity contribution in [1.82, 2.24) is 0 Å². The molecule has 50 heavy (non-hydrogen) atoms. The number of benzene rings is 6. The first kappa shape index (κ1) is 30.2. The highest BCUT2D eigenvalue weighted by atomic mass is 19.2. The molecule has 0 unspecified atom stereocenters. The van der Waals surface area contributed by atoms with Gasteiger partial charge in [-0.2, -0.15) is 0 Å². The Balaban J connectivity index is 1.35. The summed E-state index contributed by atoms with van der Waals surface area (Å²) in [6, 6.07) is 15.5. The van der Waals surface area contributed by atoms with E-state index in [-0.39, 0.29) is 16.9 Å². The molecule has 3 aliphatic heterocycles. The lowest BCUT2D eigenvalue weighted by Gasteiger charge is -2.38. The molecule has 0 spiro atoms. The molecule has 0 aromatic heterocycles.